The molecule has 1 unspecified atom stereocenters. The van der Waals surface area contributed by atoms with Crippen molar-refractivity contribution in [1.29, 1.82) is 0 Å². The van der Waals surface area contributed by atoms with Crippen LogP contribution in [0.3, 0.4) is 0 Å². The summed E-state index contributed by atoms with van der Waals surface area (Å²) in [6.45, 7) is 6.28. The second-order valence-electron chi connectivity index (χ2n) is 9.77. The van der Waals surface area contributed by atoms with E-state index in [0.717, 1.165) is 56.9 Å². The van der Waals surface area contributed by atoms with Crippen molar-refractivity contribution >= 4 is 23.8 Å². The van der Waals surface area contributed by atoms with Crippen LogP contribution >= 0.6 is 11.9 Å². The number of ether oxygens (including phenoxy) is 1. The molecule has 0 aliphatic heterocycles. The first-order valence-corrected chi connectivity index (χ1v) is 14.8. The summed E-state index contributed by atoms with van der Waals surface area (Å²) in [4.78, 5) is 36.7. The van der Waals surface area contributed by atoms with E-state index in [9.17, 15) is 14.5 Å². The van der Waals surface area contributed by atoms with Crippen LogP contribution in [0.4, 0.5) is 0 Å². The van der Waals surface area contributed by atoms with Gasteiger partial charge in [-0.3, -0.25) is 9.59 Å². The molecule has 1 rings (SSSR count). The normalized spacial score (nSPS) is 16.8. The Morgan fingerprint density at radius 3 is 2.31 bits per heavy atom. The molecule has 0 spiro atoms. The van der Waals surface area contributed by atoms with Gasteiger partial charge in [0.25, 0.3) is 0 Å². The quantitative estimate of drug-likeness (QED) is 0.0352. The monoisotopic (exact) mass is 520 g/mol. The lowest BCUT2D eigenvalue weighted by atomic mass is 9.88. The largest absolute Gasteiger partial charge is 0.426 e. The van der Waals surface area contributed by atoms with E-state index in [0.29, 0.717) is 18.7 Å². The van der Waals surface area contributed by atoms with Crippen LogP contribution in [0, 0.1) is 10.8 Å². The van der Waals surface area contributed by atoms with E-state index in [1.54, 1.807) is 13.0 Å². The van der Waals surface area contributed by atoms with Gasteiger partial charge in [0.1, 0.15) is 11.7 Å². The highest BCUT2D eigenvalue weighted by Gasteiger charge is 2.36. The zero-order chi connectivity index (χ0) is 26.5. The van der Waals surface area contributed by atoms with E-state index < -0.39 is 11.9 Å². The zero-order valence-corrected chi connectivity index (χ0v) is 23.6. The standard InChI is InChI=1S/C29H48N2O4S/c1-4-7-9-10-11-12-13-14-15-17-21-25(20-8-5-2)35-28(33)26(6-3)27(32)30-24-29(36-31-34)22-18-16-19-23-29/h5,8,17,20-21,26H,4,6-7,9-16,18-19,22-24H2,1-3H3,(H,30,32). The highest BCUT2D eigenvalue weighted by Crippen LogP contribution is 2.40. The molecule has 0 aromatic rings. The minimum Gasteiger partial charge on any atom is -0.426 e. The summed E-state index contributed by atoms with van der Waals surface area (Å²) >= 11 is 1.02. The number of nitrogens with zero attached hydrogens (tertiary/aromatic N) is 1. The molecule has 204 valence electrons. The second-order valence-corrected chi connectivity index (χ2v) is 11.0. The number of allylic oxidation sites excluding steroid dienone is 5. The molecule has 36 heavy (non-hydrogen) atoms. The number of carbonyl (C=O) groups is 2. The summed E-state index contributed by atoms with van der Waals surface area (Å²) in [5.74, 6) is -1.36. The van der Waals surface area contributed by atoms with Crippen LogP contribution in [-0.4, -0.2) is 23.2 Å². The molecule has 0 aromatic heterocycles. The van der Waals surface area contributed by atoms with Crippen molar-refractivity contribution in [1.82, 2.24) is 5.32 Å². The third-order valence-electron chi connectivity index (χ3n) is 6.77. The first-order chi connectivity index (χ1) is 17.5. The van der Waals surface area contributed by atoms with Gasteiger partial charge < -0.3 is 10.1 Å². The molecule has 1 aliphatic carbocycles. The molecule has 0 heterocycles. The number of carbonyl (C=O) groups excluding carboxylic acids is 2. The minimum absolute atomic E-state index is 0.339. The fourth-order valence-electron chi connectivity index (χ4n) is 4.50. The summed E-state index contributed by atoms with van der Waals surface area (Å²) in [6.07, 6.45) is 25.6. The van der Waals surface area contributed by atoms with E-state index in [-0.39, 0.29) is 10.7 Å². The van der Waals surface area contributed by atoms with Gasteiger partial charge in [0.15, 0.2) is 0 Å². The maximum Gasteiger partial charge on any atom is 0.323 e. The third kappa shape index (κ3) is 13.4. The molecule has 1 N–H and O–H groups in total. The molecule has 0 radical (unpaired) electrons. The smallest absolute Gasteiger partial charge is 0.323 e. The van der Waals surface area contributed by atoms with Gasteiger partial charge in [-0.2, -0.15) is 0 Å². The number of esters is 1. The molecule has 6 nitrogen and oxygen atoms in total. The summed E-state index contributed by atoms with van der Waals surface area (Å²) in [7, 11) is 0. The predicted molar refractivity (Wildman–Crippen MR) is 151 cm³/mol. The lowest BCUT2D eigenvalue weighted by Crippen LogP contribution is -2.45. The van der Waals surface area contributed by atoms with Crippen LogP contribution in [-0.2, 0) is 14.3 Å². The maximum absolute atomic E-state index is 12.9. The topological polar surface area (TPSA) is 84.8 Å². The molecule has 1 saturated carbocycles. The molecule has 0 bridgehead atoms. The van der Waals surface area contributed by atoms with Crippen molar-refractivity contribution in [2.75, 3.05) is 6.54 Å². The summed E-state index contributed by atoms with van der Waals surface area (Å²) < 4.78 is 8.30. The Kier molecular flexibility index (Phi) is 18.0. The van der Waals surface area contributed by atoms with E-state index >= 15 is 0 Å². The van der Waals surface area contributed by atoms with E-state index in [2.05, 4.69) is 16.8 Å². The Hall–Kier alpha value is -1.89. The molecular formula is C29H48N2O4S. The molecule has 1 amide bonds. The first-order valence-electron chi connectivity index (χ1n) is 14.0. The maximum atomic E-state index is 12.9. The minimum atomic E-state index is -0.894. The summed E-state index contributed by atoms with van der Waals surface area (Å²) in [5.41, 5.74) is 0. The molecule has 1 fully saturated rings. The van der Waals surface area contributed by atoms with Crippen LogP contribution in [0.15, 0.2) is 40.7 Å². The van der Waals surface area contributed by atoms with Crippen LogP contribution in [0.2, 0.25) is 0 Å². The predicted octanol–water partition coefficient (Wildman–Crippen LogP) is 8.34. The van der Waals surface area contributed by atoms with Crippen molar-refractivity contribution in [2.24, 2.45) is 10.5 Å². The van der Waals surface area contributed by atoms with Gasteiger partial charge in [-0.15, -0.1) is 4.91 Å². The van der Waals surface area contributed by atoms with Crippen LogP contribution < -0.4 is 5.32 Å². The third-order valence-corrected chi connectivity index (χ3v) is 7.78. The van der Waals surface area contributed by atoms with Gasteiger partial charge in [-0.25, -0.2) is 0 Å². The average Bonchev–Trinajstić information content (AvgIpc) is 2.88. The van der Waals surface area contributed by atoms with Gasteiger partial charge in [0.05, 0.1) is 4.75 Å². The second kappa shape index (κ2) is 20.2. The van der Waals surface area contributed by atoms with Gasteiger partial charge in [0.2, 0.25) is 5.91 Å². The molecule has 0 saturated heterocycles. The number of nitrogens with one attached hydrogen (secondary N) is 1. The lowest BCUT2D eigenvalue weighted by Gasteiger charge is -2.34. The SMILES string of the molecule is CC=CC=C(C=CCCCCCCCCCC)OC(=O)C(CC)C(=O)NCC1(SN=O)CCCCC1. The molecule has 0 aromatic carbocycles. The van der Waals surface area contributed by atoms with Crippen LogP contribution in [0.25, 0.3) is 0 Å². The zero-order valence-electron chi connectivity index (χ0n) is 22.8. The highest BCUT2D eigenvalue weighted by molar-refractivity contribution is 7.99. The van der Waals surface area contributed by atoms with Crippen molar-refractivity contribution in [3.63, 3.8) is 0 Å². The molecule has 7 heteroatoms. The molecular weight excluding hydrogens is 472 g/mol. The number of nitroso groups, excluding NO2 is 1. The summed E-state index contributed by atoms with van der Waals surface area (Å²) in [5, 5.41) is 2.90. The van der Waals surface area contributed by atoms with Crippen LogP contribution in [0.1, 0.15) is 117 Å². The Bertz CT molecular complexity index is 727. The average molecular weight is 521 g/mol. The first kappa shape index (κ1) is 32.1. The van der Waals surface area contributed by atoms with Crippen molar-refractivity contribution in [2.45, 2.75) is 122 Å². The van der Waals surface area contributed by atoms with E-state index in [1.165, 1.54) is 44.9 Å². The van der Waals surface area contributed by atoms with Gasteiger partial charge >= 0.3 is 5.97 Å². The Balaban J connectivity index is 2.56. The lowest BCUT2D eigenvalue weighted by molar-refractivity contribution is -0.148. The van der Waals surface area contributed by atoms with Crippen molar-refractivity contribution in [3.8, 4) is 0 Å². The molecule has 1 atom stereocenters. The number of hydrogen-bond donors (Lipinski definition) is 1. The number of hydrogen-bond acceptors (Lipinski definition) is 6. The van der Waals surface area contributed by atoms with E-state index in [4.69, 9.17) is 4.74 Å². The van der Waals surface area contributed by atoms with Gasteiger partial charge in [-0.1, -0.05) is 96.3 Å². The van der Waals surface area contributed by atoms with E-state index in [1.807, 2.05) is 31.2 Å². The van der Waals surface area contributed by atoms with Crippen molar-refractivity contribution < 1.29 is 14.3 Å². The number of unbranched alkanes of at least 4 members (excludes halogenated alkanes) is 8. The highest BCUT2D eigenvalue weighted by atomic mass is 32.2. The van der Waals surface area contributed by atoms with Gasteiger partial charge in [0, 0.05) is 23.1 Å². The Morgan fingerprint density at radius 1 is 1.03 bits per heavy atom. The fourth-order valence-corrected chi connectivity index (χ4v) is 5.27. The van der Waals surface area contributed by atoms with Crippen molar-refractivity contribution in [3.05, 3.63) is 41.0 Å². The number of rotatable bonds is 19. The number of amides is 1. The molecule has 1 aliphatic rings. The Labute approximate surface area is 223 Å². The van der Waals surface area contributed by atoms with Crippen LogP contribution in [0.5, 0.6) is 0 Å². The van der Waals surface area contributed by atoms with Gasteiger partial charge in [-0.05, 0) is 51.2 Å². The Morgan fingerprint density at radius 2 is 1.69 bits per heavy atom. The summed E-state index contributed by atoms with van der Waals surface area (Å²) in [6, 6.07) is 0. The fraction of sp³-hybridized carbons (Fsp3) is 0.724.